The summed E-state index contributed by atoms with van der Waals surface area (Å²) in [7, 11) is -4.06. The third-order valence-corrected chi connectivity index (χ3v) is 6.84. The highest BCUT2D eigenvalue weighted by atomic mass is 79.9. The summed E-state index contributed by atoms with van der Waals surface area (Å²) >= 11 is 4.36. The van der Waals surface area contributed by atoms with Crippen LogP contribution in [0.1, 0.15) is 5.56 Å². The summed E-state index contributed by atoms with van der Waals surface area (Å²) in [5.74, 6) is -1.22. The molecule has 3 rings (SSSR count). The van der Waals surface area contributed by atoms with Crippen LogP contribution in [0.3, 0.4) is 0 Å². The maximum absolute atomic E-state index is 13.2. The molecule has 0 atom stereocenters. The zero-order chi connectivity index (χ0) is 19.4. The summed E-state index contributed by atoms with van der Waals surface area (Å²) in [6.07, 6.45) is 0. The minimum atomic E-state index is -4.06. The lowest BCUT2D eigenvalue weighted by atomic mass is 10.2. The first-order chi connectivity index (χ1) is 12.9. The molecule has 1 heterocycles. The Morgan fingerprint density at radius 1 is 1.15 bits per heavy atom. The van der Waals surface area contributed by atoms with Crippen molar-refractivity contribution in [2.24, 2.45) is 0 Å². The smallest absolute Gasteiger partial charge is 0.318 e. The number of carbonyl (C=O) groups is 1. The molecule has 0 spiro atoms. The number of aromatic nitrogens is 1. The predicted octanol–water partition coefficient (Wildman–Crippen LogP) is 3.85. The highest BCUT2D eigenvalue weighted by Crippen LogP contribution is 2.30. The summed E-state index contributed by atoms with van der Waals surface area (Å²) in [5.41, 5.74) is 1.67. The van der Waals surface area contributed by atoms with Gasteiger partial charge in [0.05, 0.1) is 0 Å². The number of benzene rings is 2. The van der Waals surface area contributed by atoms with E-state index in [1.807, 2.05) is 12.1 Å². The number of carboxylic acids is 1. The summed E-state index contributed by atoms with van der Waals surface area (Å²) < 4.78 is 32.4. The number of nitrogens with zero attached hydrogens (tertiary/aromatic N) is 2. The number of hydrogen-bond donors (Lipinski definition) is 1. The van der Waals surface area contributed by atoms with Crippen LogP contribution in [-0.4, -0.2) is 34.7 Å². The largest absolute Gasteiger partial charge is 0.480 e. The molecule has 2 aromatic carbocycles. The third kappa shape index (κ3) is 4.62. The van der Waals surface area contributed by atoms with E-state index in [4.69, 9.17) is 0 Å². The van der Waals surface area contributed by atoms with Crippen molar-refractivity contribution in [1.82, 2.24) is 8.68 Å². The Balaban J connectivity index is 2.01. The number of aliphatic carboxylic acids is 1. The van der Waals surface area contributed by atoms with Crippen LogP contribution in [-0.2, 0) is 21.4 Å². The van der Waals surface area contributed by atoms with Gasteiger partial charge in [0, 0.05) is 22.0 Å². The van der Waals surface area contributed by atoms with E-state index in [0.29, 0.717) is 16.8 Å². The summed E-state index contributed by atoms with van der Waals surface area (Å²) in [4.78, 5) is 11.3. The molecule has 9 heteroatoms. The Labute approximate surface area is 169 Å². The molecule has 0 unspecified atom stereocenters. The molecule has 0 aliphatic heterocycles. The monoisotopic (exact) mass is 466 g/mol. The fourth-order valence-electron chi connectivity index (χ4n) is 2.56. The Bertz CT molecular complexity index is 1050. The van der Waals surface area contributed by atoms with Gasteiger partial charge in [-0.3, -0.25) is 4.79 Å². The first-order valence-corrected chi connectivity index (χ1v) is 10.9. The Morgan fingerprint density at radius 2 is 1.89 bits per heavy atom. The van der Waals surface area contributed by atoms with Gasteiger partial charge >= 0.3 is 5.97 Å². The zero-order valence-electron chi connectivity index (χ0n) is 13.9. The molecule has 0 bridgehead atoms. The maximum Gasteiger partial charge on any atom is 0.318 e. The quantitative estimate of drug-likeness (QED) is 0.571. The minimum absolute atomic E-state index is 0.00921. The molecule has 1 aromatic heterocycles. The van der Waals surface area contributed by atoms with Crippen LogP contribution in [0.2, 0.25) is 0 Å². The first-order valence-electron chi connectivity index (χ1n) is 7.84. The van der Waals surface area contributed by atoms with E-state index in [-0.39, 0.29) is 11.4 Å². The lowest BCUT2D eigenvalue weighted by Gasteiger charge is -2.20. The van der Waals surface area contributed by atoms with Crippen molar-refractivity contribution >= 4 is 43.5 Å². The van der Waals surface area contributed by atoms with E-state index in [1.165, 1.54) is 5.38 Å². The van der Waals surface area contributed by atoms with E-state index in [2.05, 4.69) is 20.3 Å². The van der Waals surface area contributed by atoms with Crippen LogP contribution < -0.4 is 0 Å². The molecule has 0 fully saturated rings. The Morgan fingerprint density at radius 3 is 2.56 bits per heavy atom. The minimum Gasteiger partial charge on any atom is -0.480 e. The molecule has 0 saturated carbocycles. The van der Waals surface area contributed by atoms with Gasteiger partial charge in [-0.2, -0.15) is 8.68 Å². The maximum atomic E-state index is 13.2. The molecular formula is C18H15BrN2O4S2. The van der Waals surface area contributed by atoms with Gasteiger partial charge in [0.2, 0.25) is 10.0 Å². The number of halogens is 1. The van der Waals surface area contributed by atoms with Crippen molar-refractivity contribution < 1.29 is 18.3 Å². The topological polar surface area (TPSA) is 87.6 Å². The van der Waals surface area contributed by atoms with E-state index >= 15 is 0 Å². The molecule has 0 aliphatic rings. The van der Waals surface area contributed by atoms with E-state index < -0.39 is 22.5 Å². The van der Waals surface area contributed by atoms with Gasteiger partial charge in [-0.25, -0.2) is 8.42 Å². The molecule has 0 saturated heterocycles. The molecular weight excluding hydrogens is 452 g/mol. The molecule has 0 aliphatic carbocycles. The van der Waals surface area contributed by atoms with Crippen LogP contribution in [0.5, 0.6) is 0 Å². The SMILES string of the molecule is O=C(O)CN(Cc1cccc(Br)c1)S(=O)(=O)c1csnc1-c1ccccc1. The van der Waals surface area contributed by atoms with E-state index in [0.717, 1.165) is 20.3 Å². The van der Waals surface area contributed by atoms with Crippen molar-refractivity contribution in [3.63, 3.8) is 0 Å². The van der Waals surface area contributed by atoms with Crippen LogP contribution in [0, 0.1) is 0 Å². The molecule has 0 amide bonds. The van der Waals surface area contributed by atoms with Gasteiger partial charge in [0.15, 0.2) is 0 Å². The average molecular weight is 467 g/mol. The van der Waals surface area contributed by atoms with Crippen molar-refractivity contribution in [1.29, 1.82) is 0 Å². The number of sulfonamides is 1. The molecule has 3 aromatic rings. The number of carboxylic acid groups (broad SMARTS) is 1. The summed E-state index contributed by atoms with van der Waals surface area (Å²) in [6, 6.07) is 16.0. The third-order valence-electron chi connectivity index (χ3n) is 3.76. The Hall–Kier alpha value is -2.07. The van der Waals surface area contributed by atoms with Gasteiger partial charge in [-0.1, -0.05) is 58.4 Å². The molecule has 140 valence electrons. The first kappa shape index (κ1) is 19.7. The molecule has 0 radical (unpaired) electrons. The summed E-state index contributed by atoms with van der Waals surface area (Å²) in [6.45, 7) is -0.697. The average Bonchev–Trinajstić information content (AvgIpc) is 3.12. The number of rotatable bonds is 7. The molecule has 6 nitrogen and oxygen atoms in total. The van der Waals surface area contributed by atoms with Crippen LogP contribution in [0.15, 0.2) is 69.3 Å². The second-order valence-electron chi connectivity index (χ2n) is 5.69. The normalized spacial score (nSPS) is 11.6. The van der Waals surface area contributed by atoms with Gasteiger partial charge in [-0.15, -0.1) is 0 Å². The molecule has 1 N–H and O–H groups in total. The molecule has 27 heavy (non-hydrogen) atoms. The van der Waals surface area contributed by atoms with Gasteiger partial charge < -0.3 is 5.11 Å². The van der Waals surface area contributed by atoms with Crippen molar-refractivity contribution in [2.75, 3.05) is 6.54 Å². The van der Waals surface area contributed by atoms with Crippen LogP contribution >= 0.6 is 27.5 Å². The van der Waals surface area contributed by atoms with Gasteiger partial charge in [0.25, 0.3) is 0 Å². The standard InChI is InChI=1S/C18H15BrN2O4S2/c19-15-8-4-5-13(9-15)10-21(11-17(22)23)27(24,25)16-12-26-20-18(16)14-6-2-1-3-7-14/h1-9,12H,10-11H2,(H,22,23). The van der Waals surface area contributed by atoms with Crippen LogP contribution in [0.25, 0.3) is 11.3 Å². The highest BCUT2D eigenvalue weighted by Gasteiger charge is 2.31. The van der Waals surface area contributed by atoms with Gasteiger partial charge in [-0.05, 0) is 29.2 Å². The fourth-order valence-corrected chi connectivity index (χ4v) is 5.53. The van der Waals surface area contributed by atoms with E-state index in [9.17, 15) is 18.3 Å². The lowest BCUT2D eigenvalue weighted by molar-refractivity contribution is -0.137. The lowest BCUT2D eigenvalue weighted by Crippen LogP contribution is -2.35. The van der Waals surface area contributed by atoms with Crippen molar-refractivity contribution in [3.05, 3.63) is 70.0 Å². The zero-order valence-corrected chi connectivity index (χ0v) is 17.2. The Kier molecular flexibility index (Phi) is 6.05. The van der Waals surface area contributed by atoms with Crippen LogP contribution in [0.4, 0.5) is 0 Å². The van der Waals surface area contributed by atoms with Gasteiger partial charge in [0.1, 0.15) is 17.1 Å². The summed E-state index contributed by atoms with van der Waals surface area (Å²) in [5, 5.41) is 10.7. The fraction of sp³-hybridized carbons (Fsp3) is 0.111. The van der Waals surface area contributed by atoms with Crippen molar-refractivity contribution in [2.45, 2.75) is 11.4 Å². The second-order valence-corrected chi connectivity index (χ2v) is 9.14. The van der Waals surface area contributed by atoms with Crippen molar-refractivity contribution in [3.8, 4) is 11.3 Å². The number of hydrogen-bond acceptors (Lipinski definition) is 5. The predicted molar refractivity (Wildman–Crippen MR) is 107 cm³/mol. The highest BCUT2D eigenvalue weighted by molar-refractivity contribution is 9.10. The second kappa shape index (κ2) is 8.30. The van der Waals surface area contributed by atoms with E-state index in [1.54, 1.807) is 42.5 Å².